The van der Waals surface area contributed by atoms with Crippen LogP contribution in [0.25, 0.3) is 11.3 Å². The van der Waals surface area contributed by atoms with Crippen molar-refractivity contribution in [3.63, 3.8) is 0 Å². The van der Waals surface area contributed by atoms with Crippen LogP contribution in [-0.2, 0) is 11.3 Å². The number of halogens is 3. The Bertz CT molecular complexity index is 959. The fourth-order valence-corrected chi connectivity index (χ4v) is 2.45. The van der Waals surface area contributed by atoms with E-state index in [9.17, 15) is 13.6 Å². The van der Waals surface area contributed by atoms with Gasteiger partial charge in [-0.3, -0.25) is 0 Å². The van der Waals surface area contributed by atoms with Crippen LogP contribution in [0.4, 0.5) is 8.78 Å². The maximum atomic E-state index is 12.4. The maximum absolute atomic E-state index is 12.4. The molecular weight excluding hydrogens is 396 g/mol. The zero-order valence-electron chi connectivity index (χ0n) is 14.5. The molecule has 3 aromatic rings. The van der Waals surface area contributed by atoms with Gasteiger partial charge in [0.05, 0.1) is 18.9 Å². The van der Waals surface area contributed by atoms with E-state index >= 15 is 0 Å². The molecular formula is C19H14ClF2NO5. The molecule has 0 N–H and O–H groups in total. The van der Waals surface area contributed by atoms with Gasteiger partial charge >= 0.3 is 12.6 Å². The Morgan fingerprint density at radius 3 is 2.61 bits per heavy atom. The molecule has 0 atom stereocenters. The molecule has 6 nitrogen and oxygen atoms in total. The standard InChI is InChI=1S/C19H14ClF2NO5/c1-25-15-8-12(4-7-14(15)28-19(21)22)18(24)26-10-17-23-9-16(27-17)11-2-5-13(20)6-3-11/h2-9,19H,10H2,1H3. The summed E-state index contributed by atoms with van der Waals surface area (Å²) in [6, 6.07) is 10.7. The average molecular weight is 410 g/mol. The number of aromatic nitrogens is 1. The third-order valence-corrected chi connectivity index (χ3v) is 3.88. The molecule has 0 bridgehead atoms. The lowest BCUT2D eigenvalue weighted by Crippen LogP contribution is -2.07. The second-order valence-corrected chi connectivity index (χ2v) is 5.88. The lowest BCUT2D eigenvalue weighted by molar-refractivity contribution is -0.0512. The normalized spacial score (nSPS) is 10.8. The van der Waals surface area contributed by atoms with Gasteiger partial charge in [0.1, 0.15) is 0 Å². The summed E-state index contributed by atoms with van der Waals surface area (Å²) in [4.78, 5) is 16.2. The van der Waals surface area contributed by atoms with Crippen LogP contribution in [0.3, 0.4) is 0 Å². The predicted molar refractivity (Wildman–Crippen MR) is 95.7 cm³/mol. The third kappa shape index (κ3) is 4.77. The largest absolute Gasteiger partial charge is 0.493 e. The molecule has 0 amide bonds. The molecule has 0 radical (unpaired) electrons. The number of alkyl halides is 2. The molecule has 1 aromatic heterocycles. The second-order valence-electron chi connectivity index (χ2n) is 5.45. The van der Waals surface area contributed by atoms with E-state index in [0.717, 1.165) is 5.56 Å². The van der Waals surface area contributed by atoms with Crippen molar-refractivity contribution in [2.75, 3.05) is 7.11 Å². The number of methoxy groups -OCH3 is 1. The van der Waals surface area contributed by atoms with Crippen LogP contribution in [0.5, 0.6) is 11.5 Å². The van der Waals surface area contributed by atoms with E-state index in [1.54, 1.807) is 24.3 Å². The van der Waals surface area contributed by atoms with Crippen LogP contribution in [0, 0.1) is 0 Å². The van der Waals surface area contributed by atoms with Crippen molar-refractivity contribution in [3.05, 3.63) is 65.1 Å². The highest BCUT2D eigenvalue weighted by Gasteiger charge is 2.16. The number of rotatable bonds is 7. The first-order valence-corrected chi connectivity index (χ1v) is 8.34. The maximum Gasteiger partial charge on any atom is 0.387 e. The fourth-order valence-electron chi connectivity index (χ4n) is 2.32. The van der Waals surface area contributed by atoms with Gasteiger partial charge < -0.3 is 18.6 Å². The summed E-state index contributed by atoms with van der Waals surface area (Å²) in [5, 5.41) is 0.595. The van der Waals surface area contributed by atoms with Crippen LogP contribution < -0.4 is 9.47 Å². The molecule has 146 valence electrons. The van der Waals surface area contributed by atoms with Gasteiger partial charge in [0.15, 0.2) is 23.9 Å². The van der Waals surface area contributed by atoms with Crippen molar-refractivity contribution in [3.8, 4) is 22.8 Å². The Kier molecular flexibility index (Phi) is 6.10. The van der Waals surface area contributed by atoms with Gasteiger partial charge in [0, 0.05) is 10.6 Å². The third-order valence-electron chi connectivity index (χ3n) is 3.62. The van der Waals surface area contributed by atoms with Crippen molar-refractivity contribution in [2.45, 2.75) is 13.2 Å². The zero-order valence-corrected chi connectivity index (χ0v) is 15.3. The first-order chi connectivity index (χ1) is 13.5. The van der Waals surface area contributed by atoms with Gasteiger partial charge in [-0.15, -0.1) is 0 Å². The molecule has 3 rings (SSSR count). The number of esters is 1. The van der Waals surface area contributed by atoms with E-state index in [2.05, 4.69) is 9.72 Å². The quantitative estimate of drug-likeness (QED) is 0.513. The molecule has 0 saturated heterocycles. The molecule has 28 heavy (non-hydrogen) atoms. The summed E-state index contributed by atoms with van der Waals surface area (Å²) >= 11 is 5.85. The van der Waals surface area contributed by atoms with Crippen LogP contribution in [0.2, 0.25) is 5.02 Å². The number of ether oxygens (including phenoxy) is 3. The summed E-state index contributed by atoms with van der Waals surface area (Å²) < 4.78 is 44.7. The van der Waals surface area contributed by atoms with Gasteiger partial charge in [-0.25, -0.2) is 9.78 Å². The van der Waals surface area contributed by atoms with E-state index in [0.29, 0.717) is 10.8 Å². The van der Waals surface area contributed by atoms with E-state index in [1.807, 2.05) is 0 Å². The first-order valence-electron chi connectivity index (χ1n) is 7.97. The number of carbonyl (C=O) groups excluding carboxylic acids is 1. The average Bonchev–Trinajstić information content (AvgIpc) is 3.15. The van der Waals surface area contributed by atoms with E-state index < -0.39 is 12.6 Å². The number of oxazole rings is 1. The molecule has 0 aliphatic carbocycles. The van der Waals surface area contributed by atoms with Crippen LogP contribution in [-0.4, -0.2) is 24.7 Å². The summed E-state index contributed by atoms with van der Waals surface area (Å²) in [5.74, 6) is -0.209. The Hall–Kier alpha value is -3.13. The molecule has 0 fully saturated rings. The van der Waals surface area contributed by atoms with Crippen molar-refractivity contribution < 1.29 is 32.2 Å². The second kappa shape index (κ2) is 8.71. The molecule has 2 aromatic carbocycles. The minimum Gasteiger partial charge on any atom is -0.493 e. The summed E-state index contributed by atoms with van der Waals surface area (Å²) in [6.07, 6.45) is 1.51. The summed E-state index contributed by atoms with van der Waals surface area (Å²) in [6.45, 7) is -3.21. The fraction of sp³-hybridized carbons (Fsp3) is 0.158. The van der Waals surface area contributed by atoms with Crippen LogP contribution >= 0.6 is 11.6 Å². The lowest BCUT2D eigenvalue weighted by atomic mass is 10.2. The Morgan fingerprint density at radius 1 is 1.18 bits per heavy atom. The highest BCUT2D eigenvalue weighted by Crippen LogP contribution is 2.30. The number of hydrogen-bond donors (Lipinski definition) is 0. The minimum absolute atomic E-state index is 0.0177. The SMILES string of the molecule is COc1cc(C(=O)OCc2ncc(-c3ccc(Cl)cc3)o2)ccc1OC(F)F. The highest BCUT2D eigenvalue weighted by molar-refractivity contribution is 6.30. The first kappa shape index (κ1) is 19.6. The smallest absolute Gasteiger partial charge is 0.387 e. The molecule has 0 saturated carbocycles. The van der Waals surface area contributed by atoms with Crippen LogP contribution in [0.1, 0.15) is 16.2 Å². The summed E-state index contributed by atoms with van der Waals surface area (Å²) in [7, 11) is 1.27. The molecule has 0 unspecified atom stereocenters. The Morgan fingerprint density at radius 2 is 1.93 bits per heavy atom. The molecule has 0 spiro atoms. The Balaban J connectivity index is 1.65. The summed E-state index contributed by atoms with van der Waals surface area (Å²) in [5.41, 5.74) is 0.872. The molecule has 0 aliphatic heterocycles. The van der Waals surface area contributed by atoms with E-state index in [4.69, 9.17) is 25.5 Å². The molecule has 0 aliphatic rings. The minimum atomic E-state index is -3.01. The Labute approximate surface area is 163 Å². The van der Waals surface area contributed by atoms with E-state index in [1.165, 1.54) is 31.5 Å². The van der Waals surface area contributed by atoms with Gasteiger partial charge in [-0.05, 0) is 42.5 Å². The molecule has 9 heteroatoms. The predicted octanol–water partition coefficient (Wildman–Crippen LogP) is 4.96. The number of carbonyl (C=O) groups is 1. The number of hydrogen-bond acceptors (Lipinski definition) is 6. The van der Waals surface area contributed by atoms with E-state index in [-0.39, 0.29) is 29.6 Å². The highest BCUT2D eigenvalue weighted by atomic mass is 35.5. The van der Waals surface area contributed by atoms with Gasteiger partial charge in [0.2, 0.25) is 5.89 Å². The van der Waals surface area contributed by atoms with Crippen molar-refractivity contribution in [1.82, 2.24) is 4.98 Å². The lowest BCUT2D eigenvalue weighted by Gasteiger charge is -2.11. The van der Waals surface area contributed by atoms with Crippen molar-refractivity contribution >= 4 is 17.6 Å². The van der Waals surface area contributed by atoms with Crippen molar-refractivity contribution in [1.29, 1.82) is 0 Å². The topological polar surface area (TPSA) is 70.8 Å². The van der Waals surface area contributed by atoms with Crippen LogP contribution in [0.15, 0.2) is 53.1 Å². The number of benzene rings is 2. The van der Waals surface area contributed by atoms with Gasteiger partial charge in [0.25, 0.3) is 0 Å². The monoisotopic (exact) mass is 409 g/mol. The number of nitrogens with zero attached hydrogens (tertiary/aromatic N) is 1. The van der Waals surface area contributed by atoms with Gasteiger partial charge in [-0.2, -0.15) is 8.78 Å². The zero-order chi connectivity index (χ0) is 20.1. The van der Waals surface area contributed by atoms with Crippen molar-refractivity contribution in [2.24, 2.45) is 0 Å². The molecule has 1 heterocycles. The van der Waals surface area contributed by atoms with Gasteiger partial charge in [-0.1, -0.05) is 11.6 Å².